The minimum atomic E-state index is 0.424. The Morgan fingerprint density at radius 3 is 2.67 bits per heavy atom. The first-order valence-corrected chi connectivity index (χ1v) is 7.95. The molecule has 2 heterocycles. The van der Waals surface area contributed by atoms with Crippen LogP contribution in [0, 0.1) is 0 Å². The topological polar surface area (TPSA) is 25.8 Å². The third-order valence-corrected chi connectivity index (χ3v) is 4.82. The summed E-state index contributed by atoms with van der Waals surface area (Å²) in [7, 11) is 0. The van der Waals surface area contributed by atoms with Crippen molar-refractivity contribution in [3.63, 3.8) is 0 Å². The third-order valence-electron chi connectivity index (χ3n) is 3.33. The molecule has 0 aliphatic carbocycles. The van der Waals surface area contributed by atoms with E-state index in [0.29, 0.717) is 16.0 Å². The van der Waals surface area contributed by atoms with Crippen LogP contribution in [0.4, 0.5) is 0 Å². The van der Waals surface area contributed by atoms with E-state index in [-0.39, 0.29) is 0 Å². The molecular formula is C16H8Cl2N2S. The Morgan fingerprint density at radius 2 is 1.76 bits per heavy atom. The van der Waals surface area contributed by atoms with Gasteiger partial charge in [0, 0.05) is 31.4 Å². The van der Waals surface area contributed by atoms with E-state index in [1.807, 2.05) is 24.3 Å². The van der Waals surface area contributed by atoms with Crippen LogP contribution in [0.3, 0.4) is 0 Å². The Kier molecular flexibility index (Phi) is 3.07. The Bertz CT molecular complexity index is 979. The molecule has 0 atom stereocenters. The van der Waals surface area contributed by atoms with Gasteiger partial charge < -0.3 is 0 Å². The fraction of sp³-hybridized carbons (Fsp3) is 0. The van der Waals surface area contributed by atoms with Crippen LogP contribution < -0.4 is 0 Å². The quantitative estimate of drug-likeness (QED) is 0.411. The van der Waals surface area contributed by atoms with Crippen molar-refractivity contribution < 1.29 is 0 Å². The molecule has 0 aliphatic rings. The van der Waals surface area contributed by atoms with Gasteiger partial charge in [0.15, 0.2) is 5.82 Å². The first-order chi connectivity index (χ1) is 10.2. The van der Waals surface area contributed by atoms with E-state index in [9.17, 15) is 0 Å². The zero-order valence-corrected chi connectivity index (χ0v) is 13.0. The monoisotopic (exact) mass is 330 g/mol. The average Bonchev–Trinajstić information content (AvgIpc) is 2.92. The van der Waals surface area contributed by atoms with Crippen molar-refractivity contribution in [1.29, 1.82) is 0 Å². The van der Waals surface area contributed by atoms with Gasteiger partial charge in [-0.3, -0.25) is 0 Å². The predicted octanol–water partition coefficient (Wildman–Crippen LogP) is 5.82. The van der Waals surface area contributed by atoms with Crippen molar-refractivity contribution >= 4 is 55.5 Å². The molecule has 102 valence electrons. The molecule has 0 N–H and O–H groups in total. The second-order valence-corrected chi connectivity index (χ2v) is 6.35. The molecule has 0 radical (unpaired) electrons. The van der Waals surface area contributed by atoms with Crippen LogP contribution in [-0.2, 0) is 0 Å². The van der Waals surface area contributed by atoms with E-state index >= 15 is 0 Å². The molecule has 2 nitrogen and oxygen atoms in total. The fourth-order valence-electron chi connectivity index (χ4n) is 2.33. The molecule has 0 amide bonds. The molecule has 0 unspecified atom stereocenters. The second kappa shape index (κ2) is 4.95. The van der Waals surface area contributed by atoms with E-state index < -0.39 is 0 Å². The van der Waals surface area contributed by atoms with Crippen LogP contribution in [-0.4, -0.2) is 9.97 Å². The number of thiophene rings is 1. The van der Waals surface area contributed by atoms with E-state index in [0.717, 1.165) is 21.9 Å². The largest absolute Gasteiger partial charge is 0.228 e. The van der Waals surface area contributed by atoms with Crippen LogP contribution >= 0.6 is 34.5 Å². The van der Waals surface area contributed by atoms with Gasteiger partial charge >= 0.3 is 0 Å². The average molecular weight is 331 g/mol. The van der Waals surface area contributed by atoms with Crippen molar-refractivity contribution in [3.8, 4) is 11.4 Å². The van der Waals surface area contributed by atoms with Gasteiger partial charge in [-0.1, -0.05) is 41.4 Å². The summed E-state index contributed by atoms with van der Waals surface area (Å²) < 4.78 is 1.21. The maximum atomic E-state index is 6.30. The van der Waals surface area contributed by atoms with Crippen molar-refractivity contribution in [2.45, 2.75) is 0 Å². The molecule has 5 heteroatoms. The number of hydrogen-bond donors (Lipinski definition) is 0. The van der Waals surface area contributed by atoms with Crippen molar-refractivity contribution in [1.82, 2.24) is 9.97 Å². The van der Waals surface area contributed by atoms with Gasteiger partial charge in [-0.2, -0.15) is 0 Å². The summed E-state index contributed by atoms with van der Waals surface area (Å²) in [6, 6.07) is 13.7. The van der Waals surface area contributed by atoms with Gasteiger partial charge in [-0.25, -0.2) is 9.97 Å². The minimum Gasteiger partial charge on any atom is -0.228 e. The van der Waals surface area contributed by atoms with Crippen LogP contribution in [0.15, 0.2) is 47.8 Å². The van der Waals surface area contributed by atoms with Gasteiger partial charge in [0.1, 0.15) is 5.15 Å². The first-order valence-electron chi connectivity index (χ1n) is 6.32. The van der Waals surface area contributed by atoms with Gasteiger partial charge in [0.25, 0.3) is 0 Å². The maximum Gasteiger partial charge on any atom is 0.162 e. The van der Waals surface area contributed by atoms with E-state index in [2.05, 4.69) is 27.5 Å². The molecule has 2 aromatic heterocycles. The summed E-state index contributed by atoms with van der Waals surface area (Å²) in [5.41, 5.74) is 1.80. The SMILES string of the molecule is Clc1ccc2nc(-c3csc4ccccc34)nc(Cl)c2c1. The first kappa shape index (κ1) is 13.0. The van der Waals surface area contributed by atoms with E-state index in [1.165, 1.54) is 4.70 Å². The molecule has 0 saturated carbocycles. The number of hydrogen-bond acceptors (Lipinski definition) is 3. The molecular weight excluding hydrogens is 323 g/mol. The lowest BCUT2D eigenvalue weighted by Crippen LogP contribution is -1.91. The van der Waals surface area contributed by atoms with Crippen molar-refractivity contribution in [3.05, 3.63) is 58.0 Å². The molecule has 0 aliphatic heterocycles. The Labute approximate surface area is 135 Å². The lowest BCUT2D eigenvalue weighted by Gasteiger charge is -2.04. The molecule has 0 bridgehead atoms. The zero-order valence-electron chi connectivity index (χ0n) is 10.7. The number of rotatable bonds is 1. The molecule has 0 saturated heterocycles. The van der Waals surface area contributed by atoms with Gasteiger partial charge in [-0.15, -0.1) is 11.3 Å². The normalized spacial score (nSPS) is 11.3. The Balaban J connectivity index is 2.00. The number of aromatic nitrogens is 2. The highest BCUT2D eigenvalue weighted by atomic mass is 35.5. The molecule has 0 spiro atoms. The number of halogens is 2. The summed E-state index contributed by atoms with van der Waals surface area (Å²) in [6.07, 6.45) is 0. The third kappa shape index (κ3) is 2.18. The highest BCUT2D eigenvalue weighted by molar-refractivity contribution is 7.17. The number of benzene rings is 2. The van der Waals surface area contributed by atoms with Crippen molar-refractivity contribution in [2.24, 2.45) is 0 Å². The van der Waals surface area contributed by atoms with Crippen LogP contribution in [0.25, 0.3) is 32.4 Å². The molecule has 4 rings (SSSR count). The Hall–Kier alpha value is -1.68. The smallest absolute Gasteiger partial charge is 0.162 e. The number of fused-ring (bicyclic) bond motifs is 2. The molecule has 2 aromatic carbocycles. The summed E-state index contributed by atoms with van der Waals surface area (Å²) >= 11 is 14.0. The summed E-state index contributed by atoms with van der Waals surface area (Å²) in [6.45, 7) is 0. The van der Waals surface area contributed by atoms with Crippen LogP contribution in [0.1, 0.15) is 0 Å². The minimum absolute atomic E-state index is 0.424. The summed E-state index contributed by atoms with van der Waals surface area (Å²) in [5.74, 6) is 0.646. The van der Waals surface area contributed by atoms with E-state index in [4.69, 9.17) is 23.2 Å². The van der Waals surface area contributed by atoms with Gasteiger partial charge in [0.05, 0.1) is 5.52 Å². The zero-order chi connectivity index (χ0) is 14.4. The summed E-state index contributed by atoms with van der Waals surface area (Å²) in [4.78, 5) is 9.06. The molecule has 0 fully saturated rings. The summed E-state index contributed by atoms with van der Waals surface area (Å²) in [5, 5.41) is 5.03. The second-order valence-electron chi connectivity index (χ2n) is 4.65. The van der Waals surface area contributed by atoms with E-state index in [1.54, 1.807) is 17.4 Å². The number of nitrogens with zero attached hydrogens (tertiary/aromatic N) is 2. The van der Waals surface area contributed by atoms with Gasteiger partial charge in [0.2, 0.25) is 0 Å². The maximum absolute atomic E-state index is 6.30. The van der Waals surface area contributed by atoms with Crippen LogP contribution in [0.2, 0.25) is 10.2 Å². The molecule has 4 aromatic rings. The highest BCUT2D eigenvalue weighted by Gasteiger charge is 2.12. The predicted molar refractivity (Wildman–Crippen MR) is 90.4 cm³/mol. The standard InChI is InChI=1S/C16H8Cl2N2S/c17-9-5-6-13-11(7-9)15(18)20-16(19-13)12-8-21-14-4-2-1-3-10(12)14/h1-8H. The fourth-order valence-corrected chi connectivity index (χ4v) is 3.68. The van der Waals surface area contributed by atoms with Crippen LogP contribution in [0.5, 0.6) is 0 Å². The Morgan fingerprint density at radius 1 is 0.905 bits per heavy atom. The van der Waals surface area contributed by atoms with Crippen molar-refractivity contribution in [2.75, 3.05) is 0 Å². The lowest BCUT2D eigenvalue weighted by atomic mass is 10.1. The lowest BCUT2D eigenvalue weighted by molar-refractivity contribution is 1.24. The van der Waals surface area contributed by atoms with Gasteiger partial charge in [-0.05, 0) is 24.3 Å². The molecule has 21 heavy (non-hydrogen) atoms. The highest BCUT2D eigenvalue weighted by Crippen LogP contribution is 2.34.